The average Bonchev–Trinajstić information content (AvgIpc) is 2.79. The van der Waals surface area contributed by atoms with Gasteiger partial charge in [-0.05, 0) is 30.2 Å². The minimum Gasteiger partial charge on any atom is -0.379 e. The standard InChI is InChI=1S/C20H22N4O6S/c25-20(22-21-15-17-3-1-2-4-19(17)24(26)27)10-7-16-5-8-18(9-6-16)31(28,29)23-11-13-30-14-12-23/h1-6,8-9,15H,7,10-14H2,(H,22,25)/b21-15+. The first-order valence-corrected chi connectivity index (χ1v) is 11.0. The van der Waals surface area contributed by atoms with E-state index in [0.717, 1.165) is 5.56 Å². The Bertz CT molecular complexity index is 1060. The summed E-state index contributed by atoms with van der Waals surface area (Å²) < 4.78 is 31.8. The van der Waals surface area contributed by atoms with Crippen molar-refractivity contribution in [2.45, 2.75) is 17.7 Å². The molecule has 2 aromatic rings. The predicted octanol–water partition coefficient (Wildman–Crippen LogP) is 1.70. The predicted molar refractivity (Wildman–Crippen MR) is 113 cm³/mol. The van der Waals surface area contributed by atoms with Crippen LogP contribution in [-0.2, 0) is 26.0 Å². The highest BCUT2D eigenvalue weighted by Crippen LogP contribution is 2.18. The lowest BCUT2D eigenvalue weighted by atomic mass is 10.1. The number of ether oxygens (including phenoxy) is 1. The van der Waals surface area contributed by atoms with E-state index in [0.29, 0.717) is 32.7 Å². The number of hydrazone groups is 1. The molecule has 10 nitrogen and oxygen atoms in total. The van der Waals surface area contributed by atoms with Gasteiger partial charge in [0.1, 0.15) is 0 Å². The Hall–Kier alpha value is -3.15. The molecule has 2 aromatic carbocycles. The van der Waals surface area contributed by atoms with Gasteiger partial charge in [-0.2, -0.15) is 9.41 Å². The summed E-state index contributed by atoms with van der Waals surface area (Å²) in [4.78, 5) is 22.6. The number of benzene rings is 2. The number of nitrogens with one attached hydrogen (secondary N) is 1. The lowest BCUT2D eigenvalue weighted by molar-refractivity contribution is -0.385. The Balaban J connectivity index is 1.52. The number of nitro groups is 1. The lowest BCUT2D eigenvalue weighted by Crippen LogP contribution is -2.40. The van der Waals surface area contributed by atoms with Crippen molar-refractivity contribution in [2.24, 2.45) is 5.10 Å². The van der Waals surface area contributed by atoms with E-state index < -0.39 is 14.9 Å². The summed E-state index contributed by atoms with van der Waals surface area (Å²) >= 11 is 0. The third kappa shape index (κ3) is 5.94. The van der Waals surface area contributed by atoms with Crippen LogP contribution in [-0.4, -0.2) is 56.1 Å². The van der Waals surface area contributed by atoms with Crippen molar-refractivity contribution in [1.82, 2.24) is 9.73 Å². The van der Waals surface area contributed by atoms with Crippen LogP contribution >= 0.6 is 0 Å². The molecule has 0 aromatic heterocycles. The zero-order valence-electron chi connectivity index (χ0n) is 16.6. The Kier molecular flexibility index (Phi) is 7.45. The van der Waals surface area contributed by atoms with Crippen LogP contribution in [0.3, 0.4) is 0 Å². The molecule has 0 atom stereocenters. The van der Waals surface area contributed by atoms with Crippen molar-refractivity contribution < 1.29 is 22.9 Å². The zero-order chi connectivity index (χ0) is 22.3. The summed E-state index contributed by atoms with van der Waals surface area (Å²) in [5, 5.41) is 14.7. The highest BCUT2D eigenvalue weighted by molar-refractivity contribution is 7.89. The molecule has 0 aliphatic carbocycles. The third-order valence-corrected chi connectivity index (χ3v) is 6.61. The maximum atomic E-state index is 12.6. The van der Waals surface area contributed by atoms with Gasteiger partial charge >= 0.3 is 0 Å². The maximum Gasteiger partial charge on any atom is 0.278 e. The topological polar surface area (TPSA) is 131 Å². The van der Waals surface area contributed by atoms with E-state index in [9.17, 15) is 23.3 Å². The third-order valence-electron chi connectivity index (χ3n) is 4.70. The molecule has 11 heteroatoms. The van der Waals surface area contributed by atoms with Gasteiger partial charge in [-0.25, -0.2) is 13.8 Å². The summed E-state index contributed by atoms with van der Waals surface area (Å²) in [5.41, 5.74) is 3.32. The van der Waals surface area contributed by atoms with E-state index in [2.05, 4.69) is 10.5 Å². The summed E-state index contributed by atoms with van der Waals surface area (Å²) in [5.74, 6) is -0.361. The summed E-state index contributed by atoms with van der Waals surface area (Å²) in [7, 11) is -3.55. The molecular weight excluding hydrogens is 424 g/mol. The minimum atomic E-state index is -3.55. The Labute approximate surface area is 179 Å². The molecule has 3 rings (SSSR count). The summed E-state index contributed by atoms with van der Waals surface area (Å²) in [6.07, 6.45) is 1.75. The Morgan fingerprint density at radius 2 is 1.84 bits per heavy atom. The summed E-state index contributed by atoms with van der Waals surface area (Å²) in [6.45, 7) is 1.42. The van der Waals surface area contributed by atoms with E-state index in [-0.39, 0.29) is 28.5 Å². The second-order valence-electron chi connectivity index (χ2n) is 6.77. The quantitative estimate of drug-likeness (QED) is 0.373. The average molecular weight is 446 g/mol. The number of nitro benzene ring substituents is 1. The van der Waals surface area contributed by atoms with E-state index in [1.807, 2.05) is 0 Å². The molecular formula is C20H22N4O6S. The number of nitrogens with zero attached hydrogens (tertiary/aromatic N) is 3. The minimum absolute atomic E-state index is 0.104. The Morgan fingerprint density at radius 3 is 2.52 bits per heavy atom. The SMILES string of the molecule is O=C(CCc1ccc(S(=O)(=O)N2CCOCC2)cc1)N/N=C/c1ccccc1[N+](=O)[O-]. The molecule has 1 fully saturated rings. The van der Waals surface area contributed by atoms with Crippen molar-refractivity contribution in [2.75, 3.05) is 26.3 Å². The van der Waals surface area contributed by atoms with Gasteiger partial charge in [0, 0.05) is 25.6 Å². The van der Waals surface area contributed by atoms with Crippen LogP contribution in [0.4, 0.5) is 5.69 Å². The van der Waals surface area contributed by atoms with E-state index >= 15 is 0 Å². The van der Waals surface area contributed by atoms with Crippen molar-refractivity contribution in [3.8, 4) is 0 Å². The molecule has 1 saturated heterocycles. The van der Waals surface area contributed by atoms with Gasteiger partial charge in [0.25, 0.3) is 5.69 Å². The van der Waals surface area contributed by atoms with Gasteiger partial charge < -0.3 is 4.74 Å². The van der Waals surface area contributed by atoms with Gasteiger partial charge in [-0.3, -0.25) is 14.9 Å². The van der Waals surface area contributed by atoms with Crippen LogP contribution in [0.25, 0.3) is 0 Å². The fourth-order valence-corrected chi connectivity index (χ4v) is 4.42. The first-order valence-electron chi connectivity index (χ1n) is 9.60. The molecule has 1 amide bonds. The first kappa shape index (κ1) is 22.5. The number of morpholine rings is 1. The molecule has 1 aliphatic rings. The molecule has 1 N–H and O–H groups in total. The Morgan fingerprint density at radius 1 is 1.16 bits per heavy atom. The number of amides is 1. The molecule has 31 heavy (non-hydrogen) atoms. The second kappa shape index (κ2) is 10.2. The van der Waals surface area contributed by atoms with Crippen LogP contribution in [0.2, 0.25) is 0 Å². The number of carbonyl (C=O) groups is 1. The number of hydrogen-bond donors (Lipinski definition) is 1. The van der Waals surface area contributed by atoms with Gasteiger partial charge in [0.2, 0.25) is 15.9 Å². The van der Waals surface area contributed by atoms with Crippen molar-refractivity contribution >= 4 is 27.8 Å². The lowest BCUT2D eigenvalue weighted by Gasteiger charge is -2.26. The van der Waals surface area contributed by atoms with Gasteiger partial charge in [-0.15, -0.1) is 0 Å². The van der Waals surface area contributed by atoms with Gasteiger partial charge in [0.05, 0.1) is 34.8 Å². The monoisotopic (exact) mass is 446 g/mol. The first-order chi connectivity index (χ1) is 14.9. The maximum absolute atomic E-state index is 12.6. The number of carbonyl (C=O) groups excluding carboxylic acids is 1. The van der Waals surface area contributed by atoms with Crippen molar-refractivity contribution in [1.29, 1.82) is 0 Å². The molecule has 1 aliphatic heterocycles. The number of sulfonamides is 1. The fraction of sp³-hybridized carbons (Fsp3) is 0.300. The second-order valence-corrected chi connectivity index (χ2v) is 8.71. The normalized spacial score (nSPS) is 15.1. The highest BCUT2D eigenvalue weighted by atomic mass is 32.2. The zero-order valence-corrected chi connectivity index (χ0v) is 17.5. The van der Waals surface area contributed by atoms with Crippen LogP contribution in [0.15, 0.2) is 58.5 Å². The highest BCUT2D eigenvalue weighted by Gasteiger charge is 2.26. The number of rotatable bonds is 8. The largest absolute Gasteiger partial charge is 0.379 e. The molecule has 0 spiro atoms. The molecule has 164 valence electrons. The van der Waals surface area contributed by atoms with Crippen molar-refractivity contribution in [3.05, 3.63) is 69.8 Å². The van der Waals surface area contributed by atoms with E-state index in [1.165, 1.54) is 34.8 Å². The molecule has 0 saturated carbocycles. The molecule has 0 bridgehead atoms. The van der Waals surface area contributed by atoms with Crippen molar-refractivity contribution in [3.63, 3.8) is 0 Å². The molecule has 1 heterocycles. The van der Waals surface area contributed by atoms with E-state index in [1.54, 1.807) is 24.3 Å². The summed E-state index contributed by atoms with van der Waals surface area (Å²) in [6, 6.07) is 12.5. The fourth-order valence-electron chi connectivity index (χ4n) is 3.01. The van der Waals surface area contributed by atoms with Gasteiger partial charge in [0.15, 0.2) is 0 Å². The van der Waals surface area contributed by atoms with Gasteiger partial charge in [-0.1, -0.05) is 24.3 Å². The molecule has 0 radical (unpaired) electrons. The van der Waals surface area contributed by atoms with E-state index in [4.69, 9.17) is 4.74 Å². The molecule has 0 unspecified atom stereocenters. The van der Waals surface area contributed by atoms with Crippen LogP contribution < -0.4 is 5.43 Å². The number of hydrogen-bond acceptors (Lipinski definition) is 7. The van der Waals surface area contributed by atoms with Crippen LogP contribution in [0.5, 0.6) is 0 Å². The smallest absolute Gasteiger partial charge is 0.278 e. The number of aryl methyl sites for hydroxylation is 1. The van der Waals surface area contributed by atoms with Crippen LogP contribution in [0.1, 0.15) is 17.5 Å². The van der Waals surface area contributed by atoms with Crippen LogP contribution in [0, 0.1) is 10.1 Å². The number of para-hydroxylation sites is 1.